The summed E-state index contributed by atoms with van der Waals surface area (Å²) in [7, 11) is 0. The molecule has 0 radical (unpaired) electrons. The highest BCUT2D eigenvalue weighted by Gasteiger charge is 2.37. The van der Waals surface area contributed by atoms with Crippen molar-refractivity contribution in [1.29, 1.82) is 0 Å². The molecule has 0 saturated heterocycles. The number of nitrogens with zero attached hydrogens (tertiary/aromatic N) is 1. The van der Waals surface area contributed by atoms with Crippen LogP contribution in [0.15, 0.2) is 23.1 Å². The number of hydrogen-bond acceptors (Lipinski definition) is 3. The lowest BCUT2D eigenvalue weighted by molar-refractivity contribution is -0.140. The number of rotatable bonds is 1. The highest BCUT2D eigenvalue weighted by atomic mass is 32.1. The van der Waals surface area contributed by atoms with Crippen LogP contribution in [-0.4, -0.2) is 16.7 Å². The minimum absolute atomic E-state index is 0.0429. The maximum absolute atomic E-state index is 12.0. The molecule has 4 heteroatoms. The standard InChI is InChI=1S/C13H13NO2S/c1-8-7-12(15)14(13(8)16)10-3-2-4-11-9(10)5-6-17-11/h5-7,10H,2-4H2,1H3. The van der Waals surface area contributed by atoms with Crippen LogP contribution < -0.4 is 0 Å². The second-order valence-corrected chi connectivity index (χ2v) is 5.55. The lowest BCUT2D eigenvalue weighted by Crippen LogP contribution is -2.36. The van der Waals surface area contributed by atoms with Gasteiger partial charge in [0, 0.05) is 16.5 Å². The van der Waals surface area contributed by atoms with Crippen LogP contribution in [0.25, 0.3) is 0 Å². The lowest BCUT2D eigenvalue weighted by Gasteiger charge is -2.30. The molecular formula is C13H13NO2S. The predicted octanol–water partition coefficient (Wildman–Crippen LogP) is 2.44. The van der Waals surface area contributed by atoms with E-state index in [0.29, 0.717) is 5.57 Å². The van der Waals surface area contributed by atoms with E-state index >= 15 is 0 Å². The van der Waals surface area contributed by atoms with Gasteiger partial charge in [0.2, 0.25) is 0 Å². The van der Waals surface area contributed by atoms with E-state index in [-0.39, 0.29) is 17.9 Å². The molecular weight excluding hydrogens is 234 g/mol. The van der Waals surface area contributed by atoms with Crippen LogP contribution in [0.3, 0.4) is 0 Å². The Morgan fingerprint density at radius 1 is 1.41 bits per heavy atom. The zero-order valence-corrected chi connectivity index (χ0v) is 10.4. The average molecular weight is 247 g/mol. The number of aryl methyl sites for hydroxylation is 1. The van der Waals surface area contributed by atoms with Crippen molar-refractivity contribution < 1.29 is 9.59 Å². The van der Waals surface area contributed by atoms with Gasteiger partial charge in [-0.2, -0.15) is 0 Å². The SMILES string of the molecule is CC1=CC(=O)N(C2CCCc3sccc32)C1=O. The molecule has 0 aromatic carbocycles. The summed E-state index contributed by atoms with van der Waals surface area (Å²) in [6, 6.07) is 2.01. The zero-order valence-electron chi connectivity index (χ0n) is 9.60. The monoisotopic (exact) mass is 247 g/mol. The van der Waals surface area contributed by atoms with E-state index in [1.165, 1.54) is 21.4 Å². The Kier molecular flexibility index (Phi) is 2.40. The van der Waals surface area contributed by atoms with E-state index in [2.05, 4.69) is 6.07 Å². The van der Waals surface area contributed by atoms with E-state index in [1.807, 2.05) is 5.38 Å². The molecule has 1 unspecified atom stereocenters. The summed E-state index contributed by atoms with van der Waals surface area (Å²) in [5.41, 5.74) is 1.73. The van der Waals surface area contributed by atoms with E-state index in [4.69, 9.17) is 0 Å². The van der Waals surface area contributed by atoms with Crippen LogP contribution in [0, 0.1) is 0 Å². The topological polar surface area (TPSA) is 37.4 Å². The van der Waals surface area contributed by atoms with Gasteiger partial charge in [0.25, 0.3) is 11.8 Å². The molecule has 0 fully saturated rings. The van der Waals surface area contributed by atoms with E-state index in [0.717, 1.165) is 19.3 Å². The fraction of sp³-hybridized carbons (Fsp3) is 0.385. The van der Waals surface area contributed by atoms with Gasteiger partial charge in [-0.25, -0.2) is 0 Å². The van der Waals surface area contributed by atoms with Crippen LogP contribution in [-0.2, 0) is 16.0 Å². The van der Waals surface area contributed by atoms with Gasteiger partial charge in [-0.1, -0.05) is 0 Å². The Balaban J connectivity index is 1.98. The quantitative estimate of drug-likeness (QED) is 0.715. The largest absolute Gasteiger partial charge is 0.269 e. The summed E-state index contributed by atoms with van der Waals surface area (Å²) in [4.78, 5) is 26.6. The van der Waals surface area contributed by atoms with Gasteiger partial charge < -0.3 is 0 Å². The van der Waals surface area contributed by atoms with Gasteiger partial charge in [0.15, 0.2) is 0 Å². The molecule has 0 spiro atoms. The smallest absolute Gasteiger partial charge is 0.257 e. The Hall–Kier alpha value is -1.42. The van der Waals surface area contributed by atoms with Crippen molar-refractivity contribution in [3.8, 4) is 0 Å². The third-order valence-electron chi connectivity index (χ3n) is 3.47. The molecule has 88 valence electrons. The van der Waals surface area contributed by atoms with Crippen LogP contribution in [0.5, 0.6) is 0 Å². The molecule has 0 N–H and O–H groups in total. The molecule has 3 nitrogen and oxygen atoms in total. The molecule has 1 aromatic heterocycles. The Morgan fingerprint density at radius 3 is 2.94 bits per heavy atom. The summed E-state index contributed by atoms with van der Waals surface area (Å²) in [5.74, 6) is -0.282. The second kappa shape index (κ2) is 3.81. The van der Waals surface area contributed by atoms with Crippen LogP contribution in [0.4, 0.5) is 0 Å². The normalized spacial score (nSPS) is 23.9. The number of fused-ring (bicyclic) bond motifs is 1. The van der Waals surface area contributed by atoms with E-state index < -0.39 is 0 Å². The first-order valence-corrected chi connectivity index (χ1v) is 6.68. The van der Waals surface area contributed by atoms with Crippen LogP contribution in [0.2, 0.25) is 0 Å². The summed E-state index contributed by atoms with van der Waals surface area (Å²) < 4.78 is 0. The first-order chi connectivity index (χ1) is 8.18. The van der Waals surface area contributed by atoms with Gasteiger partial charge in [0.05, 0.1) is 6.04 Å². The summed E-state index contributed by atoms with van der Waals surface area (Å²) in [6.45, 7) is 1.71. The molecule has 1 atom stereocenters. The van der Waals surface area contributed by atoms with Crippen molar-refractivity contribution in [3.63, 3.8) is 0 Å². The molecule has 1 aliphatic heterocycles. The number of amides is 2. The summed E-state index contributed by atoms with van der Waals surface area (Å²) in [5, 5.41) is 2.05. The molecule has 2 aliphatic rings. The Morgan fingerprint density at radius 2 is 2.24 bits per heavy atom. The maximum atomic E-state index is 12.0. The second-order valence-electron chi connectivity index (χ2n) is 4.55. The lowest BCUT2D eigenvalue weighted by atomic mass is 9.93. The van der Waals surface area contributed by atoms with Gasteiger partial charge in [-0.05, 0) is 43.2 Å². The van der Waals surface area contributed by atoms with Crippen molar-refractivity contribution in [2.45, 2.75) is 32.2 Å². The zero-order chi connectivity index (χ0) is 12.0. The van der Waals surface area contributed by atoms with Crippen molar-refractivity contribution >= 4 is 23.2 Å². The van der Waals surface area contributed by atoms with Crippen molar-refractivity contribution in [2.24, 2.45) is 0 Å². The van der Waals surface area contributed by atoms with E-state index in [1.54, 1.807) is 18.3 Å². The number of carbonyl (C=O) groups is 2. The molecule has 1 aliphatic carbocycles. The number of hydrogen-bond donors (Lipinski definition) is 0. The fourth-order valence-corrected chi connectivity index (χ4v) is 3.61. The van der Waals surface area contributed by atoms with Crippen molar-refractivity contribution in [2.75, 3.05) is 0 Å². The molecule has 0 saturated carbocycles. The number of thiophene rings is 1. The summed E-state index contributed by atoms with van der Waals surface area (Å²) >= 11 is 1.72. The Labute approximate surface area is 104 Å². The molecule has 17 heavy (non-hydrogen) atoms. The first-order valence-electron chi connectivity index (χ1n) is 5.80. The third kappa shape index (κ3) is 1.55. The minimum Gasteiger partial charge on any atom is -0.269 e. The minimum atomic E-state index is -0.156. The predicted molar refractivity (Wildman–Crippen MR) is 65.6 cm³/mol. The highest BCUT2D eigenvalue weighted by Crippen LogP contribution is 2.39. The van der Waals surface area contributed by atoms with Crippen molar-refractivity contribution in [3.05, 3.63) is 33.5 Å². The van der Waals surface area contributed by atoms with Gasteiger partial charge in [-0.3, -0.25) is 14.5 Å². The van der Waals surface area contributed by atoms with Gasteiger partial charge in [0.1, 0.15) is 0 Å². The van der Waals surface area contributed by atoms with Gasteiger partial charge in [-0.15, -0.1) is 11.3 Å². The van der Waals surface area contributed by atoms with Crippen LogP contribution >= 0.6 is 11.3 Å². The van der Waals surface area contributed by atoms with Crippen LogP contribution in [0.1, 0.15) is 36.2 Å². The molecule has 0 bridgehead atoms. The number of carbonyl (C=O) groups excluding carboxylic acids is 2. The van der Waals surface area contributed by atoms with Gasteiger partial charge >= 0.3 is 0 Å². The number of imide groups is 1. The Bertz CT molecular complexity index is 529. The maximum Gasteiger partial charge on any atom is 0.257 e. The fourth-order valence-electron chi connectivity index (χ4n) is 2.63. The molecule has 1 aromatic rings. The first kappa shape index (κ1) is 10.7. The van der Waals surface area contributed by atoms with E-state index in [9.17, 15) is 9.59 Å². The highest BCUT2D eigenvalue weighted by molar-refractivity contribution is 7.10. The molecule has 2 heterocycles. The third-order valence-corrected chi connectivity index (χ3v) is 4.46. The van der Waals surface area contributed by atoms with Crippen molar-refractivity contribution in [1.82, 2.24) is 4.90 Å². The molecule has 2 amide bonds. The molecule has 3 rings (SSSR count). The summed E-state index contributed by atoms with van der Waals surface area (Å²) in [6.07, 6.45) is 4.46. The average Bonchev–Trinajstić information content (AvgIpc) is 2.85.